The lowest BCUT2D eigenvalue weighted by atomic mass is 10.1. The van der Waals surface area contributed by atoms with Gasteiger partial charge in [-0.05, 0) is 42.5 Å². The molecule has 8 heteroatoms. The first kappa shape index (κ1) is 15.4. The van der Waals surface area contributed by atoms with E-state index in [-0.39, 0.29) is 11.1 Å². The lowest BCUT2D eigenvalue weighted by molar-refractivity contribution is -0.115. The molecule has 0 saturated carbocycles. The molecule has 23 heavy (non-hydrogen) atoms. The van der Waals surface area contributed by atoms with E-state index >= 15 is 0 Å². The van der Waals surface area contributed by atoms with E-state index in [0.29, 0.717) is 15.6 Å². The normalized spacial score (nSPS) is 15.8. The smallest absolute Gasteiger partial charge is 0.290 e. The number of carbonyl (C=O) groups is 3. The molecule has 0 radical (unpaired) electrons. The van der Waals surface area contributed by atoms with E-state index in [1.165, 1.54) is 11.3 Å². The number of nitrogens with zero attached hydrogens (tertiary/aromatic N) is 1. The maximum absolute atomic E-state index is 12.1. The van der Waals surface area contributed by atoms with Crippen LogP contribution in [-0.4, -0.2) is 22.0 Å². The zero-order valence-electron chi connectivity index (χ0n) is 12.0. The van der Waals surface area contributed by atoms with Crippen molar-refractivity contribution in [3.05, 3.63) is 51.4 Å². The summed E-state index contributed by atoms with van der Waals surface area (Å²) in [7, 11) is 0. The number of aryl methyl sites for hydroxylation is 1. The lowest BCUT2D eigenvalue weighted by Gasteiger charge is -2.02. The third-order valence-corrected chi connectivity index (χ3v) is 4.59. The predicted octanol–water partition coefficient (Wildman–Crippen LogP) is 3.03. The Labute approximate surface area is 140 Å². The number of rotatable bonds is 3. The van der Waals surface area contributed by atoms with Crippen LogP contribution in [0.2, 0.25) is 0 Å². The number of benzene rings is 1. The summed E-state index contributed by atoms with van der Waals surface area (Å²) < 4.78 is 0. The fourth-order valence-electron chi connectivity index (χ4n) is 1.88. The molecule has 1 aliphatic heterocycles. The monoisotopic (exact) mass is 345 g/mol. The molecule has 1 aliphatic rings. The minimum atomic E-state index is -0.402. The van der Waals surface area contributed by atoms with E-state index in [0.717, 1.165) is 22.2 Å². The molecular weight excluding hydrogens is 334 g/mol. The summed E-state index contributed by atoms with van der Waals surface area (Å²) in [6, 6.07) is 6.74. The Hall–Kier alpha value is -2.45. The number of anilines is 1. The van der Waals surface area contributed by atoms with Gasteiger partial charge in [0.2, 0.25) is 0 Å². The minimum absolute atomic E-state index is 0.248. The van der Waals surface area contributed by atoms with E-state index in [1.54, 1.807) is 36.5 Å². The summed E-state index contributed by atoms with van der Waals surface area (Å²) in [4.78, 5) is 40.1. The topological polar surface area (TPSA) is 88.2 Å². The molecule has 2 N–H and O–H groups in total. The second-order valence-electron chi connectivity index (χ2n) is 4.70. The summed E-state index contributed by atoms with van der Waals surface area (Å²) in [5, 5.41) is 5.09. The Morgan fingerprint density at radius 1 is 1.26 bits per heavy atom. The molecule has 3 amide bonds. The summed E-state index contributed by atoms with van der Waals surface area (Å²) in [5.41, 5.74) is 1.22. The maximum Gasteiger partial charge on any atom is 0.290 e. The third kappa shape index (κ3) is 3.66. The number of carbonyl (C=O) groups excluding carboxylic acids is 3. The van der Waals surface area contributed by atoms with Gasteiger partial charge >= 0.3 is 0 Å². The number of amides is 3. The third-order valence-electron chi connectivity index (χ3n) is 2.95. The molecule has 6 nitrogen and oxygen atoms in total. The number of thioether (sulfide) groups is 1. The van der Waals surface area contributed by atoms with Crippen LogP contribution in [0, 0.1) is 6.92 Å². The van der Waals surface area contributed by atoms with E-state index in [2.05, 4.69) is 15.6 Å². The number of aromatic nitrogens is 1. The van der Waals surface area contributed by atoms with Gasteiger partial charge < -0.3 is 0 Å². The first-order chi connectivity index (χ1) is 11.0. The van der Waals surface area contributed by atoms with Crippen molar-refractivity contribution in [1.82, 2.24) is 10.3 Å². The van der Waals surface area contributed by atoms with Crippen molar-refractivity contribution in [2.75, 3.05) is 5.32 Å². The first-order valence-electron chi connectivity index (χ1n) is 6.60. The lowest BCUT2D eigenvalue weighted by Crippen LogP contribution is -2.17. The highest BCUT2D eigenvalue weighted by molar-refractivity contribution is 8.18. The van der Waals surface area contributed by atoms with Crippen molar-refractivity contribution in [1.29, 1.82) is 0 Å². The SMILES string of the molecule is Cc1cnc(NC(=O)c2ccc(C=C3SC(=O)NC3=O)cc2)s1. The van der Waals surface area contributed by atoms with Gasteiger partial charge in [-0.25, -0.2) is 4.98 Å². The average Bonchev–Trinajstić information content (AvgIpc) is 3.05. The van der Waals surface area contributed by atoms with Crippen LogP contribution >= 0.6 is 23.1 Å². The Kier molecular flexibility index (Phi) is 4.26. The Morgan fingerprint density at radius 3 is 2.57 bits per heavy atom. The average molecular weight is 345 g/mol. The summed E-state index contributed by atoms with van der Waals surface area (Å²) in [6.07, 6.45) is 3.30. The molecule has 0 bridgehead atoms. The van der Waals surface area contributed by atoms with Gasteiger partial charge in [0, 0.05) is 16.6 Å². The standard InChI is InChI=1S/C15H11N3O3S2/c1-8-7-16-14(22-8)17-12(19)10-4-2-9(3-5-10)6-11-13(20)18-15(21)23-11/h2-7H,1H3,(H,16,17,19)(H,18,20,21). The largest absolute Gasteiger partial charge is 0.298 e. The quantitative estimate of drug-likeness (QED) is 0.835. The molecule has 0 spiro atoms. The Morgan fingerprint density at radius 2 is 2.00 bits per heavy atom. The number of hydrogen-bond acceptors (Lipinski definition) is 6. The van der Waals surface area contributed by atoms with Gasteiger partial charge in [0.05, 0.1) is 4.91 Å². The molecule has 1 aromatic carbocycles. The molecule has 2 heterocycles. The van der Waals surface area contributed by atoms with Crippen molar-refractivity contribution in [3.63, 3.8) is 0 Å². The van der Waals surface area contributed by atoms with Gasteiger partial charge in [-0.3, -0.25) is 25.0 Å². The van der Waals surface area contributed by atoms with Crippen LogP contribution in [-0.2, 0) is 4.79 Å². The second kappa shape index (κ2) is 6.35. The number of thiazole rings is 1. The van der Waals surface area contributed by atoms with Crippen LogP contribution in [0.4, 0.5) is 9.93 Å². The van der Waals surface area contributed by atoms with Gasteiger partial charge in [0.25, 0.3) is 17.1 Å². The highest BCUT2D eigenvalue weighted by Gasteiger charge is 2.24. The van der Waals surface area contributed by atoms with Gasteiger partial charge in [0.15, 0.2) is 5.13 Å². The molecule has 0 unspecified atom stereocenters. The van der Waals surface area contributed by atoms with Gasteiger partial charge in [-0.1, -0.05) is 12.1 Å². The van der Waals surface area contributed by atoms with Crippen molar-refractivity contribution >= 4 is 51.4 Å². The fraction of sp³-hybridized carbons (Fsp3) is 0.0667. The van der Waals surface area contributed by atoms with Crippen molar-refractivity contribution in [2.45, 2.75) is 6.92 Å². The molecule has 0 atom stereocenters. The van der Waals surface area contributed by atoms with Gasteiger partial charge in [0.1, 0.15) is 0 Å². The van der Waals surface area contributed by atoms with Crippen LogP contribution in [0.1, 0.15) is 20.8 Å². The van der Waals surface area contributed by atoms with Crippen LogP contribution in [0.25, 0.3) is 6.08 Å². The zero-order chi connectivity index (χ0) is 16.4. The highest BCUT2D eigenvalue weighted by Crippen LogP contribution is 2.25. The Bertz CT molecular complexity index is 825. The van der Waals surface area contributed by atoms with E-state index in [9.17, 15) is 14.4 Å². The van der Waals surface area contributed by atoms with Crippen molar-refractivity contribution < 1.29 is 14.4 Å². The molecule has 1 fully saturated rings. The van der Waals surface area contributed by atoms with E-state index in [1.807, 2.05) is 6.92 Å². The van der Waals surface area contributed by atoms with E-state index in [4.69, 9.17) is 0 Å². The molecule has 1 saturated heterocycles. The van der Waals surface area contributed by atoms with Crippen LogP contribution < -0.4 is 10.6 Å². The predicted molar refractivity (Wildman–Crippen MR) is 90.4 cm³/mol. The number of imide groups is 1. The van der Waals surface area contributed by atoms with E-state index < -0.39 is 5.91 Å². The summed E-state index contributed by atoms with van der Waals surface area (Å²) in [5.74, 6) is -0.650. The first-order valence-corrected chi connectivity index (χ1v) is 8.23. The molecular formula is C15H11N3O3S2. The molecule has 3 rings (SSSR count). The molecule has 116 valence electrons. The number of hydrogen-bond donors (Lipinski definition) is 2. The van der Waals surface area contributed by atoms with Crippen molar-refractivity contribution in [2.24, 2.45) is 0 Å². The van der Waals surface area contributed by atoms with Gasteiger partial charge in [-0.15, -0.1) is 11.3 Å². The molecule has 1 aromatic heterocycles. The maximum atomic E-state index is 12.1. The molecule has 0 aliphatic carbocycles. The van der Waals surface area contributed by atoms with Crippen LogP contribution in [0.15, 0.2) is 35.4 Å². The Balaban J connectivity index is 1.72. The fourth-order valence-corrected chi connectivity index (χ4v) is 3.23. The second-order valence-corrected chi connectivity index (χ2v) is 6.95. The van der Waals surface area contributed by atoms with Crippen LogP contribution in [0.5, 0.6) is 0 Å². The summed E-state index contributed by atoms with van der Waals surface area (Å²) in [6.45, 7) is 1.91. The van der Waals surface area contributed by atoms with Crippen LogP contribution in [0.3, 0.4) is 0 Å². The zero-order valence-corrected chi connectivity index (χ0v) is 13.6. The number of nitrogens with one attached hydrogen (secondary N) is 2. The minimum Gasteiger partial charge on any atom is -0.298 e. The molecule has 2 aromatic rings. The highest BCUT2D eigenvalue weighted by atomic mass is 32.2. The summed E-state index contributed by atoms with van der Waals surface area (Å²) >= 11 is 2.26. The van der Waals surface area contributed by atoms with Gasteiger partial charge in [-0.2, -0.15) is 0 Å². The van der Waals surface area contributed by atoms with Crippen molar-refractivity contribution in [3.8, 4) is 0 Å².